The number of hydrogen-bond acceptors (Lipinski definition) is 9. The molecule has 4 rings (SSSR count). The number of furan rings is 1. The second-order valence-corrected chi connectivity index (χ2v) is 14.7. The summed E-state index contributed by atoms with van der Waals surface area (Å²) in [4.78, 5) is 53.6. The Balaban J connectivity index is 1.63. The second kappa shape index (κ2) is 15.5. The van der Waals surface area contributed by atoms with Gasteiger partial charge in [0.1, 0.15) is 35.2 Å². The van der Waals surface area contributed by atoms with Crippen molar-refractivity contribution >= 4 is 23.9 Å². The fraction of sp³-hybridized carbons (Fsp3) is 0.528. The number of rotatable bonds is 10. The molecule has 2 N–H and O–H groups in total. The van der Waals surface area contributed by atoms with Crippen LogP contribution >= 0.6 is 0 Å². The fourth-order valence-electron chi connectivity index (χ4n) is 5.37. The summed E-state index contributed by atoms with van der Waals surface area (Å²) in [5.74, 6) is 1.49. The smallest absolute Gasteiger partial charge is 0.410 e. The first-order valence-corrected chi connectivity index (χ1v) is 16.5. The third-order valence-corrected chi connectivity index (χ3v) is 7.58. The van der Waals surface area contributed by atoms with E-state index >= 15 is 0 Å². The van der Waals surface area contributed by atoms with Crippen LogP contribution in [0.5, 0.6) is 0 Å². The molecule has 0 saturated carbocycles. The summed E-state index contributed by atoms with van der Waals surface area (Å²) < 4.78 is 16.7. The average Bonchev–Trinajstić information content (AvgIpc) is 3.54. The molecular weight excluding hydrogens is 612 g/mol. The van der Waals surface area contributed by atoms with Gasteiger partial charge in [-0.1, -0.05) is 65.0 Å². The van der Waals surface area contributed by atoms with E-state index in [1.54, 1.807) is 49.1 Å². The Morgan fingerprint density at radius 3 is 2.40 bits per heavy atom. The van der Waals surface area contributed by atoms with Gasteiger partial charge in [-0.15, -0.1) is 0 Å². The standard InChI is InChI=1S/C36H50N6O6/c1-24(2)20-42(31(43)29-19-38-32(35(3,4)5)40-30(29)37-18-28-15-12-16-46-28)27-17-26(21-41(22-27)34(45)48-36(6,7)8)39-33(44)47-23-25-13-10-9-11-14-25/h9-16,19,24,26-27H,17-18,20-23H2,1-8H3,(H,39,44)(H,37,38,40)/t26-,27+/m1/s1. The second-order valence-electron chi connectivity index (χ2n) is 14.7. The number of hydrogen-bond donors (Lipinski definition) is 2. The Bertz CT molecular complexity index is 1510. The van der Waals surface area contributed by atoms with Crippen LogP contribution < -0.4 is 10.6 Å². The molecule has 0 bridgehead atoms. The summed E-state index contributed by atoms with van der Waals surface area (Å²) in [5.41, 5.74) is 0.0761. The van der Waals surface area contributed by atoms with E-state index in [0.717, 1.165) is 5.56 Å². The van der Waals surface area contributed by atoms with Crippen molar-refractivity contribution in [2.45, 2.75) is 98.1 Å². The Morgan fingerprint density at radius 1 is 1.04 bits per heavy atom. The van der Waals surface area contributed by atoms with Crippen LogP contribution in [0.3, 0.4) is 0 Å². The maximum Gasteiger partial charge on any atom is 0.410 e. The topological polar surface area (TPSA) is 139 Å². The fourth-order valence-corrected chi connectivity index (χ4v) is 5.37. The molecule has 0 unspecified atom stereocenters. The first-order valence-electron chi connectivity index (χ1n) is 16.5. The number of benzene rings is 1. The lowest BCUT2D eigenvalue weighted by molar-refractivity contribution is 0.00445. The molecule has 2 atom stereocenters. The van der Waals surface area contributed by atoms with Crippen LogP contribution in [0.4, 0.5) is 15.4 Å². The van der Waals surface area contributed by atoms with E-state index in [4.69, 9.17) is 18.9 Å². The first kappa shape index (κ1) is 36.2. The highest BCUT2D eigenvalue weighted by atomic mass is 16.6. The molecule has 3 amide bonds. The SMILES string of the molecule is CC(C)CN(C(=O)c1cnc(C(C)(C)C)nc1NCc1ccco1)[C@H]1C[C@@H](NC(=O)OCc2ccccc2)CN(C(=O)OC(C)(C)C)C1. The van der Waals surface area contributed by atoms with Gasteiger partial charge in [-0.3, -0.25) is 4.79 Å². The van der Waals surface area contributed by atoms with Crippen LogP contribution in [0, 0.1) is 5.92 Å². The number of nitrogens with one attached hydrogen (secondary N) is 2. The molecule has 12 nitrogen and oxygen atoms in total. The van der Waals surface area contributed by atoms with E-state index in [2.05, 4.69) is 15.6 Å². The van der Waals surface area contributed by atoms with E-state index in [1.165, 1.54) is 0 Å². The Morgan fingerprint density at radius 2 is 1.77 bits per heavy atom. The molecule has 1 aromatic carbocycles. The van der Waals surface area contributed by atoms with Gasteiger partial charge in [0.2, 0.25) is 0 Å². The average molecular weight is 663 g/mol. The van der Waals surface area contributed by atoms with E-state index in [9.17, 15) is 14.4 Å². The van der Waals surface area contributed by atoms with Crippen molar-refractivity contribution in [3.63, 3.8) is 0 Å². The summed E-state index contributed by atoms with van der Waals surface area (Å²) in [6.07, 6.45) is 2.43. The van der Waals surface area contributed by atoms with E-state index in [0.29, 0.717) is 42.5 Å². The summed E-state index contributed by atoms with van der Waals surface area (Å²) in [5, 5.41) is 6.21. The van der Waals surface area contributed by atoms with Crippen LogP contribution in [-0.4, -0.2) is 75.2 Å². The largest absolute Gasteiger partial charge is 0.467 e. The van der Waals surface area contributed by atoms with Crippen LogP contribution in [-0.2, 0) is 28.0 Å². The number of alkyl carbamates (subject to hydrolysis) is 1. The number of likely N-dealkylation sites (tertiary alicyclic amines) is 1. The van der Waals surface area contributed by atoms with Gasteiger partial charge in [0.05, 0.1) is 24.9 Å². The number of anilines is 1. The van der Waals surface area contributed by atoms with Crippen molar-refractivity contribution in [1.82, 2.24) is 25.1 Å². The van der Waals surface area contributed by atoms with Crippen molar-refractivity contribution in [2.24, 2.45) is 5.92 Å². The molecule has 0 spiro atoms. The van der Waals surface area contributed by atoms with Crippen molar-refractivity contribution in [2.75, 3.05) is 25.0 Å². The van der Waals surface area contributed by atoms with Gasteiger partial charge >= 0.3 is 12.2 Å². The highest BCUT2D eigenvalue weighted by Crippen LogP contribution is 2.27. The minimum atomic E-state index is -0.726. The van der Waals surface area contributed by atoms with E-state index < -0.39 is 29.9 Å². The third-order valence-electron chi connectivity index (χ3n) is 7.58. The first-order chi connectivity index (χ1) is 22.6. The Kier molecular flexibility index (Phi) is 11.7. The monoisotopic (exact) mass is 662 g/mol. The highest BCUT2D eigenvalue weighted by Gasteiger charge is 2.39. The lowest BCUT2D eigenvalue weighted by atomic mass is 9.95. The van der Waals surface area contributed by atoms with Gasteiger partial charge in [-0.25, -0.2) is 19.6 Å². The lowest BCUT2D eigenvalue weighted by Crippen LogP contribution is -2.60. The summed E-state index contributed by atoms with van der Waals surface area (Å²) >= 11 is 0. The number of nitrogens with zero attached hydrogens (tertiary/aromatic N) is 4. The van der Waals surface area contributed by atoms with Crippen LogP contribution in [0.25, 0.3) is 0 Å². The zero-order valence-electron chi connectivity index (χ0n) is 29.4. The van der Waals surface area contributed by atoms with Gasteiger partial charge in [0.25, 0.3) is 5.91 Å². The van der Waals surface area contributed by atoms with Crippen molar-refractivity contribution in [3.8, 4) is 0 Å². The number of piperidine rings is 1. The third kappa shape index (κ3) is 10.4. The van der Waals surface area contributed by atoms with E-state index in [-0.39, 0.29) is 36.9 Å². The number of carbonyl (C=O) groups excluding carboxylic acids is 3. The molecule has 260 valence electrons. The van der Waals surface area contributed by atoms with Gasteiger partial charge < -0.3 is 34.3 Å². The predicted octanol–water partition coefficient (Wildman–Crippen LogP) is 6.38. The highest BCUT2D eigenvalue weighted by molar-refractivity contribution is 5.98. The molecule has 0 aliphatic carbocycles. The Labute approximate surface area is 283 Å². The minimum absolute atomic E-state index is 0.0994. The Hall–Kier alpha value is -4.61. The van der Waals surface area contributed by atoms with Gasteiger partial charge in [-0.05, 0) is 50.8 Å². The molecule has 12 heteroatoms. The minimum Gasteiger partial charge on any atom is -0.467 e. The maximum absolute atomic E-state index is 14.6. The molecule has 0 radical (unpaired) electrons. The van der Waals surface area contributed by atoms with Crippen LogP contribution in [0.1, 0.15) is 89.3 Å². The summed E-state index contributed by atoms with van der Waals surface area (Å²) in [7, 11) is 0. The van der Waals surface area contributed by atoms with Gasteiger partial charge in [0.15, 0.2) is 0 Å². The molecule has 3 heterocycles. The van der Waals surface area contributed by atoms with Crippen molar-refractivity contribution < 1.29 is 28.3 Å². The van der Waals surface area contributed by atoms with Crippen molar-refractivity contribution in [3.05, 3.63) is 77.6 Å². The van der Waals surface area contributed by atoms with Gasteiger partial charge in [-0.2, -0.15) is 0 Å². The molecule has 1 aliphatic heterocycles. The normalized spacial score (nSPS) is 16.7. The van der Waals surface area contributed by atoms with Crippen LogP contribution in [0.2, 0.25) is 0 Å². The van der Waals surface area contributed by atoms with Crippen LogP contribution in [0.15, 0.2) is 59.3 Å². The number of carbonyl (C=O) groups is 3. The lowest BCUT2D eigenvalue weighted by Gasteiger charge is -2.43. The zero-order valence-corrected chi connectivity index (χ0v) is 29.4. The number of aromatic nitrogens is 2. The number of ether oxygens (including phenoxy) is 2. The molecule has 2 aromatic heterocycles. The predicted molar refractivity (Wildman–Crippen MR) is 182 cm³/mol. The molecule has 1 saturated heterocycles. The molecular formula is C36H50N6O6. The number of amides is 3. The molecule has 48 heavy (non-hydrogen) atoms. The molecule has 1 fully saturated rings. The quantitative estimate of drug-likeness (QED) is 0.253. The summed E-state index contributed by atoms with van der Waals surface area (Å²) in [6.45, 7) is 16.7. The van der Waals surface area contributed by atoms with Crippen molar-refractivity contribution in [1.29, 1.82) is 0 Å². The van der Waals surface area contributed by atoms with E-state index in [1.807, 2.05) is 71.0 Å². The molecule has 1 aliphatic rings. The zero-order chi connectivity index (χ0) is 35.1. The molecule has 3 aromatic rings. The summed E-state index contributed by atoms with van der Waals surface area (Å²) in [6, 6.07) is 12.1. The maximum atomic E-state index is 14.6. The van der Waals surface area contributed by atoms with Gasteiger partial charge in [0, 0.05) is 31.2 Å².